The van der Waals surface area contributed by atoms with Gasteiger partial charge >= 0.3 is 5.97 Å². The minimum absolute atomic E-state index is 0.258. The summed E-state index contributed by atoms with van der Waals surface area (Å²) in [6.45, 7) is 9.18. The zero-order valence-electron chi connectivity index (χ0n) is 11.1. The van der Waals surface area contributed by atoms with Gasteiger partial charge in [-0.3, -0.25) is 4.98 Å². The predicted octanol–water partition coefficient (Wildman–Crippen LogP) is 3.14. The lowest BCUT2D eigenvalue weighted by molar-refractivity contribution is 0.0524. The van der Waals surface area contributed by atoms with E-state index in [-0.39, 0.29) is 5.97 Å². The molecule has 0 atom stereocenters. The van der Waals surface area contributed by atoms with E-state index in [0.717, 1.165) is 18.2 Å². The summed E-state index contributed by atoms with van der Waals surface area (Å²) in [5.74, 6) is -0.258. The summed E-state index contributed by atoms with van der Waals surface area (Å²) in [6, 6.07) is 4.71. The number of ether oxygens (including phenoxy) is 1. The number of nitrogens with zero attached hydrogens (tertiary/aromatic N) is 1. The monoisotopic (exact) mass is 251 g/mol. The van der Waals surface area contributed by atoms with Crippen LogP contribution in [0.4, 0.5) is 0 Å². The second-order valence-corrected chi connectivity index (χ2v) is 10.9. The number of carbonyl (C=O) groups is 1. The number of aromatic nitrogens is 1. The first-order chi connectivity index (χ1) is 7.94. The third-order valence-electron chi connectivity index (χ3n) is 2.50. The maximum atomic E-state index is 11.7. The van der Waals surface area contributed by atoms with Crippen LogP contribution in [-0.2, 0) is 11.2 Å². The fourth-order valence-electron chi connectivity index (χ4n) is 1.53. The minimum atomic E-state index is -1.11. The Labute approximate surface area is 104 Å². The number of rotatable bonds is 5. The lowest BCUT2D eigenvalue weighted by Crippen LogP contribution is -2.21. The Balaban J connectivity index is 2.81. The van der Waals surface area contributed by atoms with Crippen molar-refractivity contribution in [1.82, 2.24) is 4.98 Å². The standard InChI is InChI=1S/C13H21NO2Si/c1-5-16-13(15)11-7-6-9-14-12(11)8-10-17(2,3)4/h6-7,9H,5,8,10H2,1-4H3. The SMILES string of the molecule is CCOC(=O)c1cccnc1CC[Si](C)(C)C. The molecule has 0 saturated carbocycles. The van der Waals surface area contributed by atoms with Crippen molar-refractivity contribution in [3.63, 3.8) is 0 Å². The Morgan fingerprint density at radius 1 is 1.41 bits per heavy atom. The third-order valence-corrected chi connectivity index (χ3v) is 4.25. The number of esters is 1. The van der Waals surface area contributed by atoms with E-state index in [0.29, 0.717) is 12.2 Å². The van der Waals surface area contributed by atoms with Gasteiger partial charge in [0.2, 0.25) is 0 Å². The molecule has 0 saturated heterocycles. The fourth-order valence-corrected chi connectivity index (χ4v) is 2.51. The molecule has 1 aromatic rings. The molecule has 17 heavy (non-hydrogen) atoms. The Bertz CT molecular complexity index is 385. The maximum Gasteiger partial charge on any atom is 0.339 e. The van der Waals surface area contributed by atoms with E-state index in [4.69, 9.17) is 4.74 Å². The van der Waals surface area contributed by atoms with Gasteiger partial charge in [0.15, 0.2) is 0 Å². The van der Waals surface area contributed by atoms with E-state index in [1.807, 2.05) is 6.92 Å². The molecule has 0 amide bonds. The molecule has 0 bridgehead atoms. The summed E-state index contributed by atoms with van der Waals surface area (Å²) >= 11 is 0. The molecule has 94 valence electrons. The Kier molecular flexibility index (Phi) is 4.87. The molecule has 0 radical (unpaired) electrons. The molecule has 4 heteroatoms. The smallest absolute Gasteiger partial charge is 0.339 e. The highest BCUT2D eigenvalue weighted by molar-refractivity contribution is 6.76. The van der Waals surface area contributed by atoms with Crippen LogP contribution in [0.3, 0.4) is 0 Å². The van der Waals surface area contributed by atoms with Crippen LogP contribution in [0.1, 0.15) is 23.0 Å². The number of hydrogen-bond acceptors (Lipinski definition) is 3. The van der Waals surface area contributed by atoms with Gasteiger partial charge in [-0.25, -0.2) is 4.79 Å². The van der Waals surface area contributed by atoms with Gasteiger partial charge in [0.05, 0.1) is 17.9 Å². The van der Waals surface area contributed by atoms with Gasteiger partial charge in [0, 0.05) is 14.3 Å². The molecule has 3 nitrogen and oxygen atoms in total. The van der Waals surface area contributed by atoms with Crippen molar-refractivity contribution < 1.29 is 9.53 Å². The second-order valence-electron chi connectivity index (χ2n) is 5.28. The van der Waals surface area contributed by atoms with Crippen LogP contribution in [0.5, 0.6) is 0 Å². The predicted molar refractivity (Wildman–Crippen MR) is 72.1 cm³/mol. The van der Waals surface area contributed by atoms with Crippen LogP contribution >= 0.6 is 0 Å². The normalized spacial score (nSPS) is 11.3. The molecule has 0 spiro atoms. The minimum Gasteiger partial charge on any atom is -0.462 e. The molecule has 1 aromatic heterocycles. The largest absolute Gasteiger partial charge is 0.462 e. The molecule has 0 aliphatic heterocycles. The molecule has 0 aliphatic rings. The summed E-state index contributed by atoms with van der Waals surface area (Å²) in [5, 5.41) is 0. The van der Waals surface area contributed by atoms with Crippen LogP contribution in [0.2, 0.25) is 25.7 Å². The zero-order chi connectivity index (χ0) is 12.9. The van der Waals surface area contributed by atoms with Crippen molar-refractivity contribution in [1.29, 1.82) is 0 Å². The average Bonchev–Trinajstić information content (AvgIpc) is 2.26. The first-order valence-corrected chi connectivity index (χ1v) is 9.76. The summed E-state index contributed by atoms with van der Waals surface area (Å²) in [7, 11) is -1.11. The molecule has 0 N–H and O–H groups in total. The quantitative estimate of drug-likeness (QED) is 0.596. The van der Waals surface area contributed by atoms with Gasteiger partial charge in [-0.2, -0.15) is 0 Å². The summed E-state index contributed by atoms with van der Waals surface area (Å²) < 4.78 is 5.03. The van der Waals surface area contributed by atoms with Crippen LogP contribution in [-0.4, -0.2) is 25.6 Å². The summed E-state index contributed by atoms with van der Waals surface area (Å²) in [5.41, 5.74) is 1.49. The lowest BCUT2D eigenvalue weighted by Gasteiger charge is -2.16. The van der Waals surface area contributed by atoms with E-state index in [1.54, 1.807) is 18.3 Å². The van der Waals surface area contributed by atoms with Crippen molar-refractivity contribution in [2.75, 3.05) is 6.61 Å². The molecule has 0 fully saturated rings. The summed E-state index contributed by atoms with van der Waals surface area (Å²) in [6.07, 6.45) is 2.60. The van der Waals surface area contributed by atoms with Crippen molar-refractivity contribution in [3.05, 3.63) is 29.6 Å². The highest BCUT2D eigenvalue weighted by Gasteiger charge is 2.17. The Morgan fingerprint density at radius 2 is 2.12 bits per heavy atom. The molecule has 1 rings (SSSR count). The summed E-state index contributed by atoms with van der Waals surface area (Å²) in [4.78, 5) is 16.0. The Hall–Kier alpha value is -1.16. The third kappa shape index (κ3) is 4.69. The van der Waals surface area contributed by atoms with Gasteiger partial charge < -0.3 is 4.74 Å². The van der Waals surface area contributed by atoms with Gasteiger partial charge in [0.1, 0.15) is 0 Å². The molecular formula is C13H21NO2Si. The lowest BCUT2D eigenvalue weighted by atomic mass is 10.1. The maximum absolute atomic E-state index is 11.7. The molecule has 1 heterocycles. The highest BCUT2D eigenvalue weighted by atomic mass is 28.3. The van der Waals surface area contributed by atoms with Crippen LogP contribution in [0.25, 0.3) is 0 Å². The molecule has 0 unspecified atom stereocenters. The zero-order valence-corrected chi connectivity index (χ0v) is 12.1. The molecule has 0 aromatic carbocycles. The van der Waals surface area contributed by atoms with E-state index in [1.165, 1.54) is 0 Å². The van der Waals surface area contributed by atoms with Crippen LogP contribution in [0.15, 0.2) is 18.3 Å². The van der Waals surface area contributed by atoms with Crippen LogP contribution < -0.4 is 0 Å². The topological polar surface area (TPSA) is 39.2 Å². The highest BCUT2D eigenvalue weighted by Crippen LogP contribution is 2.15. The second kappa shape index (κ2) is 5.96. The fraction of sp³-hybridized carbons (Fsp3) is 0.538. The van der Waals surface area contributed by atoms with Gasteiger partial charge in [-0.05, 0) is 25.5 Å². The number of pyridine rings is 1. The Morgan fingerprint density at radius 3 is 2.71 bits per heavy atom. The molecule has 0 aliphatic carbocycles. The first-order valence-electron chi connectivity index (χ1n) is 6.05. The van der Waals surface area contributed by atoms with E-state index < -0.39 is 8.07 Å². The van der Waals surface area contributed by atoms with Crippen molar-refractivity contribution >= 4 is 14.0 Å². The number of aryl methyl sites for hydroxylation is 1. The van der Waals surface area contributed by atoms with Gasteiger partial charge in [0.25, 0.3) is 0 Å². The number of carbonyl (C=O) groups excluding carboxylic acids is 1. The number of hydrogen-bond donors (Lipinski definition) is 0. The van der Waals surface area contributed by atoms with E-state index in [9.17, 15) is 4.79 Å². The van der Waals surface area contributed by atoms with Crippen molar-refractivity contribution in [2.45, 2.75) is 39.0 Å². The van der Waals surface area contributed by atoms with E-state index in [2.05, 4.69) is 24.6 Å². The average molecular weight is 251 g/mol. The first kappa shape index (κ1) is 13.9. The van der Waals surface area contributed by atoms with Gasteiger partial charge in [-0.15, -0.1) is 0 Å². The van der Waals surface area contributed by atoms with Crippen molar-refractivity contribution in [2.24, 2.45) is 0 Å². The van der Waals surface area contributed by atoms with Crippen LogP contribution in [0, 0.1) is 0 Å². The van der Waals surface area contributed by atoms with Gasteiger partial charge in [-0.1, -0.05) is 25.7 Å². The van der Waals surface area contributed by atoms with E-state index >= 15 is 0 Å². The van der Waals surface area contributed by atoms with Crippen molar-refractivity contribution in [3.8, 4) is 0 Å². The molecular weight excluding hydrogens is 230 g/mol.